The first-order chi connectivity index (χ1) is 4.63. The first kappa shape index (κ1) is 6.80. The fourth-order valence-corrected chi connectivity index (χ4v) is 0.637. The van der Waals surface area contributed by atoms with Crippen LogP contribution >= 0.6 is 0 Å². The van der Waals surface area contributed by atoms with Crippen molar-refractivity contribution in [3.63, 3.8) is 0 Å². The van der Waals surface area contributed by atoms with Crippen LogP contribution in [0.5, 0.6) is 0 Å². The zero-order valence-electron chi connectivity index (χ0n) is 5.87. The summed E-state index contributed by atoms with van der Waals surface area (Å²) in [5, 5.41) is 0. The molecule has 4 nitrogen and oxygen atoms in total. The van der Waals surface area contributed by atoms with Crippen LogP contribution in [-0.2, 0) is 14.1 Å². The van der Waals surface area contributed by atoms with Gasteiger partial charge in [-0.3, -0.25) is 9.59 Å². The summed E-state index contributed by atoms with van der Waals surface area (Å²) in [4.78, 5) is 21.6. The largest absolute Gasteiger partial charge is 0.316 e. The Morgan fingerprint density at radius 2 is 1.30 bits per heavy atom. The molecule has 0 aliphatic carbocycles. The maximum atomic E-state index is 10.8. The van der Waals surface area contributed by atoms with E-state index >= 15 is 0 Å². The molecule has 0 N–H and O–H groups in total. The van der Waals surface area contributed by atoms with Crippen molar-refractivity contribution in [2.24, 2.45) is 14.1 Å². The standard InChI is InChI=1S/C6H8N2O2/c1-7-3-4-8(2)6(10)5(7)9/h3-4H,1-2H3. The number of hydrogen-bond donors (Lipinski definition) is 0. The highest BCUT2D eigenvalue weighted by Gasteiger charge is 1.95. The van der Waals surface area contributed by atoms with Crippen LogP contribution in [-0.4, -0.2) is 9.13 Å². The van der Waals surface area contributed by atoms with Crippen LogP contribution in [0.25, 0.3) is 0 Å². The first-order valence-corrected chi connectivity index (χ1v) is 2.85. The Morgan fingerprint density at radius 1 is 1.00 bits per heavy atom. The van der Waals surface area contributed by atoms with Crippen molar-refractivity contribution in [1.29, 1.82) is 0 Å². The summed E-state index contributed by atoms with van der Waals surface area (Å²) in [5.74, 6) is 0. The van der Waals surface area contributed by atoms with E-state index in [2.05, 4.69) is 0 Å². The van der Waals surface area contributed by atoms with Gasteiger partial charge in [0.1, 0.15) is 0 Å². The molecule has 10 heavy (non-hydrogen) atoms. The number of nitrogens with zero attached hydrogens (tertiary/aromatic N) is 2. The highest BCUT2D eigenvalue weighted by Crippen LogP contribution is 1.68. The van der Waals surface area contributed by atoms with Crippen molar-refractivity contribution in [2.45, 2.75) is 0 Å². The van der Waals surface area contributed by atoms with Crippen LogP contribution in [0.1, 0.15) is 0 Å². The third kappa shape index (κ3) is 0.877. The van der Waals surface area contributed by atoms with Crippen molar-refractivity contribution in [2.75, 3.05) is 0 Å². The van der Waals surface area contributed by atoms with E-state index in [1.165, 1.54) is 9.13 Å². The summed E-state index contributed by atoms with van der Waals surface area (Å²) in [7, 11) is 3.09. The van der Waals surface area contributed by atoms with Crippen LogP contribution in [0.4, 0.5) is 0 Å². The van der Waals surface area contributed by atoms with Gasteiger partial charge in [0.25, 0.3) is 0 Å². The zero-order valence-corrected chi connectivity index (χ0v) is 5.87. The molecule has 0 saturated heterocycles. The van der Waals surface area contributed by atoms with Crippen molar-refractivity contribution >= 4 is 0 Å². The molecule has 0 bridgehead atoms. The van der Waals surface area contributed by atoms with Crippen LogP contribution in [0, 0.1) is 0 Å². The van der Waals surface area contributed by atoms with Gasteiger partial charge in [0, 0.05) is 26.5 Å². The molecule has 4 heteroatoms. The molecule has 1 aromatic heterocycles. The molecule has 1 aromatic rings. The predicted molar refractivity (Wildman–Crippen MR) is 36.9 cm³/mol. The molecule has 0 saturated carbocycles. The first-order valence-electron chi connectivity index (χ1n) is 2.85. The van der Waals surface area contributed by atoms with Gasteiger partial charge in [0.15, 0.2) is 0 Å². The number of aromatic nitrogens is 2. The second kappa shape index (κ2) is 2.13. The maximum absolute atomic E-state index is 10.8. The highest BCUT2D eigenvalue weighted by molar-refractivity contribution is 4.82. The molecule has 0 aliphatic heterocycles. The summed E-state index contributed by atoms with van der Waals surface area (Å²) in [6.07, 6.45) is 3.09. The lowest BCUT2D eigenvalue weighted by molar-refractivity contribution is 0.744. The third-order valence-electron chi connectivity index (χ3n) is 1.34. The summed E-state index contributed by atoms with van der Waals surface area (Å²) < 4.78 is 2.50. The van der Waals surface area contributed by atoms with E-state index in [9.17, 15) is 9.59 Å². The lowest BCUT2D eigenvalue weighted by atomic mass is 10.6. The summed E-state index contributed by atoms with van der Waals surface area (Å²) >= 11 is 0. The normalized spacial score (nSPS) is 9.80. The van der Waals surface area contributed by atoms with Crippen LogP contribution in [0.15, 0.2) is 22.0 Å². The van der Waals surface area contributed by atoms with Gasteiger partial charge in [0.05, 0.1) is 0 Å². The van der Waals surface area contributed by atoms with Crippen LogP contribution in [0.3, 0.4) is 0 Å². The van der Waals surface area contributed by atoms with E-state index in [0.29, 0.717) is 0 Å². The minimum atomic E-state index is -0.495. The molecule has 0 aromatic carbocycles. The Kier molecular flexibility index (Phi) is 1.45. The van der Waals surface area contributed by atoms with Gasteiger partial charge in [-0.2, -0.15) is 0 Å². The molecular formula is C6H8N2O2. The topological polar surface area (TPSA) is 44.0 Å². The Hall–Kier alpha value is -1.32. The van der Waals surface area contributed by atoms with Crippen molar-refractivity contribution in [3.8, 4) is 0 Å². The smallest absolute Gasteiger partial charge is 0.312 e. The Morgan fingerprint density at radius 3 is 1.60 bits per heavy atom. The summed E-state index contributed by atoms with van der Waals surface area (Å²) in [6.45, 7) is 0. The van der Waals surface area contributed by atoms with Gasteiger partial charge < -0.3 is 9.13 Å². The quantitative estimate of drug-likeness (QED) is 0.437. The van der Waals surface area contributed by atoms with Gasteiger partial charge >= 0.3 is 11.1 Å². The average molecular weight is 140 g/mol. The molecular weight excluding hydrogens is 132 g/mol. The zero-order chi connectivity index (χ0) is 7.72. The second-order valence-electron chi connectivity index (χ2n) is 2.13. The third-order valence-corrected chi connectivity index (χ3v) is 1.34. The molecule has 0 amide bonds. The lowest BCUT2D eigenvalue weighted by Crippen LogP contribution is -2.38. The molecule has 0 fully saturated rings. The minimum Gasteiger partial charge on any atom is -0.312 e. The molecule has 0 aliphatic rings. The van der Waals surface area contributed by atoms with Gasteiger partial charge in [-0.1, -0.05) is 0 Å². The van der Waals surface area contributed by atoms with Gasteiger partial charge in [-0.15, -0.1) is 0 Å². The van der Waals surface area contributed by atoms with E-state index in [1.54, 1.807) is 26.5 Å². The van der Waals surface area contributed by atoms with E-state index in [1.807, 2.05) is 0 Å². The van der Waals surface area contributed by atoms with Gasteiger partial charge in [-0.05, 0) is 0 Å². The maximum Gasteiger partial charge on any atom is 0.316 e. The number of rotatable bonds is 0. The molecule has 0 spiro atoms. The second-order valence-corrected chi connectivity index (χ2v) is 2.13. The number of hydrogen-bond acceptors (Lipinski definition) is 2. The van der Waals surface area contributed by atoms with Gasteiger partial charge in [-0.25, -0.2) is 0 Å². The minimum absolute atomic E-state index is 0.495. The molecule has 0 unspecified atom stereocenters. The van der Waals surface area contributed by atoms with E-state index in [-0.39, 0.29) is 0 Å². The van der Waals surface area contributed by atoms with Crippen molar-refractivity contribution in [3.05, 3.63) is 33.1 Å². The van der Waals surface area contributed by atoms with Crippen molar-refractivity contribution < 1.29 is 0 Å². The molecule has 1 rings (SSSR count). The fourth-order valence-electron chi connectivity index (χ4n) is 0.637. The van der Waals surface area contributed by atoms with E-state index in [4.69, 9.17) is 0 Å². The molecule has 54 valence electrons. The van der Waals surface area contributed by atoms with E-state index < -0.39 is 11.1 Å². The Balaban J connectivity index is 3.67. The van der Waals surface area contributed by atoms with Crippen LogP contribution in [0.2, 0.25) is 0 Å². The summed E-state index contributed by atoms with van der Waals surface area (Å²) in [5.41, 5.74) is -0.991. The highest BCUT2D eigenvalue weighted by atomic mass is 16.2. The van der Waals surface area contributed by atoms with Crippen LogP contribution < -0.4 is 11.1 Å². The average Bonchev–Trinajstić information content (AvgIpc) is 1.93. The Bertz CT molecular complexity index is 313. The monoisotopic (exact) mass is 140 g/mol. The molecule has 0 atom stereocenters. The fraction of sp³-hybridized carbons (Fsp3) is 0.333. The SMILES string of the molecule is Cn1ccn(C)c(=O)c1=O. The summed E-state index contributed by atoms with van der Waals surface area (Å²) in [6, 6.07) is 0. The lowest BCUT2D eigenvalue weighted by Gasteiger charge is -1.96. The molecule has 0 radical (unpaired) electrons. The Labute approximate surface area is 57.3 Å². The van der Waals surface area contributed by atoms with Gasteiger partial charge in [0.2, 0.25) is 0 Å². The van der Waals surface area contributed by atoms with E-state index in [0.717, 1.165) is 0 Å². The predicted octanol–water partition coefficient (Wildman–Crippen LogP) is -0.916. The van der Waals surface area contributed by atoms with Crippen molar-refractivity contribution in [1.82, 2.24) is 9.13 Å². The molecule has 1 heterocycles. The number of aryl methyl sites for hydroxylation is 2.